The van der Waals surface area contributed by atoms with Gasteiger partial charge in [-0.2, -0.15) is 5.26 Å². The largest absolute Gasteiger partial charge is 0.192 e. The van der Waals surface area contributed by atoms with E-state index in [0.717, 1.165) is 27.8 Å². The molecule has 0 aliphatic rings. The van der Waals surface area contributed by atoms with Gasteiger partial charge >= 0.3 is 0 Å². The Morgan fingerprint density at radius 2 is 1.76 bits per heavy atom. The topological polar surface area (TPSA) is 23.8 Å². The zero-order chi connectivity index (χ0) is 17.6. The molecule has 3 aromatic rings. The first-order valence-electron chi connectivity index (χ1n) is 8.15. The SMILES string of the molecule is Cc1cc(/C=C/c2cccc(-c3ccccc3)c2C#N)ccc1CCl. The molecule has 0 atom stereocenters. The third-order valence-corrected chi connectivity index (χ3v) is 4.55. The first-order valence-corrected chi connectivity index (χ1v) is 8.68. The number of hydrogen-bond acceptors (Lipinski definition) is 1. The lowest BCUT2D eigenvalue weighted by Crippen LogP contribution is -1.89. The molecule has 1 nitrogen and oxygen atoms in total. The summed E-state index contributed by atoms with van der Waals surface area (Å²) in [6, 6.07) is 24.5. The van der Waals surface area contributed by atoms with Crippen LogP contribution in [0.4, 0.5) is 0 Å². The Hall–Kier alpha value is -2.82. The lowest BCUT2D eigenvalue weighted by molar-refractivity contribution is 1.30. The Morgan fingerprint density at radius 1 is 0.960 bits per heavy atom. The molecule has 0 unspecified atom stereocenters. The molecule has 122 valence electrons. The maximum absolute atomic E-state index is 9.67. The summed E-state index contributed by atoms with van der Waals surface area (Å²) < 4.78 is 0. The van der Waals surface area contributed by atoms with Gasteiger partial charge in [-0.3, -0.25) is 0 Å². The van der Waals surface area contributed by atoms with Gasteiger partial charge in [0.1, 0.15) is 6.07 Å². The van der Waals surface area contributed by atoms with Crippen molar-refractivity contribution in [1.82, 2.24) is 0 Å². The summed E-state index contributed by atoms with van der Waals surface area (Å²) in [6.45, 7) is 2.06. The molecule has 3 rings (SSSR count). The average molecular weight is 344 g/mol. The summed E-state index contributed by atoms with van der Waals surface area (Å²) >= 11 is 5.92. The molecule has 0 bridgehead atoms. The Kier molecular flexibility index (Phi) is 5.33. The highest BCUT2D eigenvalue weighted by Gasteiger charge is 2.07. The Labute approximate surface area is 153 Å². The minimum Gasteiger partial charge on any atom is -0.192 e. The Balaban J connectivity index is 1.98. The maximum Gasteiger partial charge on any atom is 0.100 e. The molecule has 0 saturated heterocycles. The van der Waals surface area contributed by atoms with Crippen LogP contribution in [0, 0.1) is 18.3 Å². The second-order valence-corrected chi connectivity index (χ2v) is 6.17. The molecule has 0 amide bonds. The van der Waals surface area contributed by atoms with E-state index in [0.29, 0.717) is 11.4 Å². The van der Waals surface area contributed by atoms with Gasteiger partial charge in [0.15, 0.2) is 0 Å². The predicted octanol–water partition coefficient (Wildman–Crippen LogP) is 6.44. The summed E-state index contributed by atoms with van der Waals surface area (Å²) in [7, 11) is 0. The fourth-order valence-electron chi connectivity index (χ4n) is 2.85. The average Bonchev–Trinajstić information content (AvgIpc) is 2.66. The van der Waals surface area contributed by atoms with E-state index in [1.807, 2.05) is 72.8 Å². The van der Waals surface area contributed by atoms with Gasteiger partial charge in [-0.25, -0.2) is 0 Å². The molecule has 0 radical (unpaired) electrons. The van der Waals surface area contributed by atoms with Crippen molar-refractivity contribution in [3.05, 3.63) is 94.5 Å². The third kappa shape index (κ3) is 3.82. The summed E-state index contributed by atoms with van der Waals surface area (Å²) in [5.41, 5.74) is 7.04. The van der Waals surface area contributed by atoms with Crippen molar-refractivity contribution in [2.75, 3.05) is 0 Å². The van der Waals surface area contributed by atoms with E-state index < -0.39 is 0 Å². The van der Waals surface area contributed by atoms with Crippen molar-refractivity contribution < 1.29 is 0 Å². The lowest BCUT2D eigenvalue weighted by Gasteiger charge is -2.07. The summed E-state index contributed by atoms with van der Waals surface area (Å²) in [5, 5.41) is 9.67. The number of halogens is 1. The third-order valence-electron chi connectivity index (χ3n) is 4.26. The number of hydrogen-bond donors (Lipinski definition) is 0. The highest BCUT2D eigenvalue weighted by atomic mass is 35.5. The molecule has 25 heavy (non-hydrogen) atoms. The predicted molar refractivity (Wildman–Crippen MR) is 106 cm³/mol. The van der Waals surface area contributed by atoms with Crippen LogP contribution in [0.2, 0.25) is 0 Å². The van der Waals surface area contributed by atoms with Gasteiger partial charge in [0.2, 0.25) is 0 Å². The summed E-state index contributed by atoms with van der Waals surface area (Å²) in [5.74, 6) is 0.521. The quantitative estimate of drug-likeness (QED) is 0.395. The van der Waals surface area contributed by atoms with Crippen LogP contribution in [0.25, 0.3) is 23.3 Å². The van der Waals surface area contributed by atoms with Crippen LogP contribution >= 0.6 is 11.6 Å². The van der Waals surface area contributed by atoms with Crippen molar-refractivity contribution in [3.8, 4) is 17.2 Å². The van der Waals surface area contributed by atoms with Gasteiger partial charge < -0.3 is 0 Å². The van der Waals surface area contributed by atoms with Crippen molar-refractivity contribution in [2.24, 2.45) is 0 Å². The van der Waals surface area contributed by atoms with Gasteiger partial charge in [-0.1, -0.05) is 78.9 Å². The van der Waals surface area contributed by atoms with Gasteiger partial charge in [-0.05, 0) is 34.7 Å². The fraction of sp³-hybridized carbons (Fsp3) is 0.0870. The van der Waals surface area contributed by atoms with Gasteiger partial charge in [0.25, 0.3) is 0 Å². The molecule has 0 aliphatic heterocycles. The molecule has 0 fully saturated rings. The second-order valence-electron chi connectivity index (χ2n) is 5.90. The van der Waals surface area contributed by atoms with E-state index in [-0.39, 0.29) is 0 Å². The Morgan fingerprint density at radius 3 is 2.44 bits per heavy atom. The van der Waals surface area contributed by atoms with Crippen molar-refractivity contribution in [1.29, 1.82) is 5.26 Å². The van der Waals surface area contributed by atoms with E-state index in [2.05, 4.69) is 19.1 Å². The fourth-order valence-corrected chi connectivity index (χ4v) is 3.15. The minimum absolute atomic E-state index is 0.521. The zero-order valence-electron chi connectivity index (χ0n) is 14.0. The van der Waals surface area contributed by atoms with E-state index in [1.165, 1.54) is 5.56 Å². The standard InChI is InChI=1S/C23H18ClN/c1-17-14-18(11-13-21(17)15-24)10-12-20-8-5-9-22(23(20)16-25)19-6-3-2-4-7-19/h2-14H,15H2,1H3/b12-10+. The van der Waals surface area contributed by atoms with Crippen LogP contribution in [0.15, 0.2) is 66.7 Å². The molecular weight excluding hydrogens is 326 g/mol. The highest BCUT2D eigenvalue weighted by Crippen LogP contribution is 2.27. The second kappa shape index (κ2) is 7.83. The molecule has 2 heteroatoms. The van der Waals surface area contributed by atoms with Crippen molar-refractivity contribution in [2.45, 2.75) is 12.8 Å². The van der Waals surface area contributed by atoms with Crippen LogP contribution < -0.4 is 0 Å². The number of alkyl halides is 1. The molecule has 0 aliphatic carbocycles. The van der Waals surface area contributed by atoms with Crippen LogP contribution in [0.5, 0.6) is 0 Å². The molecule has 3 aromatic carbocycles. The molecule has 0 saturated carbocycles. The normalized spacial score (nSPS) is 10.8. The minimum atomic E-state index is 0.521. The number of nitriles is 1. The first-order chi connectivity index (χ1) is 12.2. The molecule has 0 heterocycles. The van der Waals surface area contributed by atoms with Crippen LogP contribution in [0.1, 0.15) is 27.8 Å². The maximum atomic E-state index is 9.67. The smallest absolute Gasteiger partial charge is 0.100 e. The van der Waals surface area contributed by atoms with E-state index in [9.17, 15) is 5.26 Å². The van der Waals surface area contributed by atoms with Gasteiger partial charge in [0, 0.05) is 11.4 Å². The number of rotatable bonds is 4. The zero-order valence-corrected chi connectivity index (χ0v) is 14.8. The van der Waals surface area contributed by atoms with E-state index in [4.69, 9.17) is 11.6 Å². The molecule has 0 aromatic heterocycles. The van der Waals surface area contributed by atoms with Gasteiger partial charge in [0.05, 0.1) is 5.56 Å². The summed E-state index contributed by atoms with van der Waals surface area (Å²) in [4.78, 5) is 0. The monoisotopic (exact) mass is 343 g/mol. The molecular formula is C23H18ClN. The van der Waals surface area contributed by atoms with Crippen LogP contribution in [0.3, 0.4) is 0 Å². The summed E-state index contributed by atoms with van der Waals surface area (Å²) in [6.07, 6.45) is 4.04. The highest BCUT2D eigenvalue weighted by molar-refractivity contribution is 6.17. The van der Waals surface area contributed by atoms with Crippen molar-refractivity contribution >= 4 is 23.8 Å². The lowest BCUT2D eigenvalue weighted by atomic mass is 9.95. The van der Waals surface area contributed by atoms with Gasteiger partial charge in [-0.15, -0.1) is 11.6 Å². The van der Waals surface area contributed by atoms with Crippen LogP contribution in [-0.2, 0) is 5.88 Å². The van der Waals surface area contributed by atoms with Crippen LogP contribution in [-0.4, -0.2) is 0 Å². The number of benzene rings is 3. The number of nitrogens with zero attached hydrogens (tertiary/aromatic N) is 1. The molecule has 0 spiro atoms. The van der Waals surface area contributed by atoms with E-state index >= 15 is 0 Å². The van der Waals surface area contributed by atoms with E-state index in [1.54, 1.807) is 0 Å². The van der Waals surface area contributed by atoms with Crippen molar-refractivity contribution in [3.63, 3.8) is 0 Å². The number of aryl methyl sites for hydroxylation is 1. The first kappa shape index (κ1) is 17.0. The molecule has 0 N–H and O–H groups in total. The Bertz CT molecular complexity index is 950.